The van der Waals surface area contributed by atoms with Crippen LogP contribution in [0.2, 0.25) is 0 Å². The highest BCUT2D eigenvalue weighted by atomic mass is 19.1. The van der Waals surface area contributed by atoms with E-state index in [2.05, 4.69) is 5.32 Å². The summed E-state index contributed by atoms with van der Waals surface area (Å²) in [5.74, 6) is -1.82. The molecule has 0 aliphatic carbocycles. The first-order chi connectivity index (χ1) is 7.54. The van der Waals surface area contributed by atoms with Crippen molar-refractivity contribution in [2.24, 2.45) is 5.73 Å². The van der Waals surface area contributed by atoms with Gasteiger partial charge in [0.05, 0.1) is 6.61 Å². The summed E-state index contributed by atoms with van der Waals surface area (Å²) in [4.78, 5) is 11.1. The van der Waals surface area contributed by atoms with Gasteiger partial charge in [-0.05, 0) is 18.2 Å². The lowest BCUT2D eigenvalue weighted by atomic mass is 10.2. The quantitative estimate of drug-likeness (QED) is 0.676. The number of hydrogen-bond donors (Lipinski definition) is 3. The highest BCUT2D eigenvalue weighted by Gasteiger charge is 2.12. The van der Waals surface area contributed by atoms with Crippen LogP contribution in [0.15, 0.2) is 18.2 Å². The van der Waals surface area contributed by atoms with Crippen molar-refractivity contribution >= 4 is 5.91 Å². The molecule has 1 unspecified atom stereocenters. The number of rotatable bonds is 4. The highest BCUT2D eigenvalue weighted by molar-refractivity contribution is 5.81. The van der Waals surface area contributed by atoms with E-state index in [9.17, 15) is 13.6 Å². The largest absolute Gasteiger partial charge is 0.394 e. The fourth-order valence-corrected chi connectivity index (χ4v) is 1.08. The molecule has 0 heterocycles. The number of nitrogens with two attached hydrogens (primary N) is 1. The summed E-state index contributed by atoms with van der Waals surface area (Å²) in [6, 6.07) is 1.89. The van der Waals surface area contributed by atoms with E-state index in [-0.39, 0.29) is 12.1 Å². The molecule has 4 nitrogen and oxygen atoms in total. The molecule has 88 valence electrons. The van der Waals surface area contributed by atoms with Crippen LogP contribution in [-0.4, -0.2) is 23.7 Å². The minimum Gasteiger partial charge on any atom is -0.394 e. The molecule has 0 aliphatic heterocycles. The molecule has 4 N–H and O–H groups in total. The maximum atomic E-state index is 13.1. The molecule has 0 bridgehead atoms. The molecule has 0 aliphatic rings. The second-order valence-electron chi connectivity index (χ2n) is 3.24. The summed E-state index contributed by atoms with van der Waals surface area (Å²) in [6.45, 7) is -0.673. The topological polar surface area (TPSA) is 75.3 Å². The first-order valence-corrected chi connectivity index (χ1v) is 4.62. The Morgan fingerprint density at radius 3 is 2.81 bits per heavy atom. The Kier molecular flexibility index (Phi) is 4.33. The number of hydrogen-bond acceptors (Lipinski definition) is 3. The average Bonchev–Trinajstić information content (AvgIpc) is 2.28. The van der Waals surface area contributed by atoms with Gasteiger partial charge in [-0.1, -0.05) is 0 Å². The summed E-state index contributed by atoms with van der Waals surface area (Å²) < 4.78 is 25.9. The molecule has 0 aromatic heterocycles. The monoisotopic (exact) mass is 230 g/mol. The maximum Gasteiger partial charge on any atom is 0.239 e. The molecule has 1 aromatic carbocycles. The number of aliphatic hydroxyl groups excluding tert-OH is 1. The van der Waals surface area contributed by atoms with Crippen molar-refractivity contribution < 1.29 is 18.7 Å². The number of carbonyl (C=O) groups is 1. The second-order valence-corrected chi connectivity index (χ2v) is 3.24. The van der Waals surface area contributed by atoms with E-state index >= 15 is 0 Å². The lowest BCUT2D eigenvalue weighted by Gasteiger charge is -2.10. The van der Waals surface area contributed by atoms with Crippen LogP contribution in [0.1, 0.15) is 5.56 Å². The van der Waals surface area contributed by atoms with Gasteiger partial charge >= 0.3 is 0 Å². The van der Waals surface area contributed by atoms with Gasteiger partial charge in [0.1, 0.15) is 17.7 Å². The predicted molar refractivity (Wildman–Crippen MR) is 53.3 cm³/mol. The molecular formula is C10H12F2N2O2. The Balaban J connectivity index is 2.61. The van der Waals surface area contributed by atoms with Crippen molar-refractivity contribution in [3.8, 4) is 0 Å². The van der Waals surface area contributed by atoms with Crippen molar-refractivity contribution in [3.05, 3.63) is 35.4 Å². The van der Waals surface area contributed by atoms with E-state index in [1.807, 2.05) is 0 Å². The van der Waals surface area contributed by atoms with Gasteiger partial charge in [-0.15, -0.1) is 0 Å². The number of aliphatic hydroxyl groups is 1. The Labute approximate surface area is 91.1 Å². The van der Waals surface area contributed by atoms with E-state index in [4.69, 9.17) is 10.8 Å². The molecular weight excluding hydrogens is 218 g/mol. The van der Waals surface area contributed by atoms with Crippen molar-refractivity contribution in [2.75, 3.05) is 6.61 Å². The molecule has 0 spiro atoms. The fourth-order valence-electron chi connectivity index (χ4n) is 1.08. The van der Waals surface area contributed by atoms with Gasteiger partial charge in [0, 0.05) is 12.1 Å². The summed E-state index contributed by atoms with van der Waals surface area (Å²) >= 11 is 0. The number of carbonyl (C=O) groups excluding carboxylic acids is 1. The predicted octanol–water partition coefficient (Wildman–Crippen LogP) is -0.0994. The number of amides is 1. The lowest BCUT2D eigenvalue weighted by molar-refractivity contribution is -0.123. The fraction of sp³-hybridized carbons (Fsp3) is 0.300. The normalized spacial score (nSPS) is 12.2. The Morgan fingerprint density at radius 2 is 2.19 bits per heavy atom. The first-order valence-electron chi connectivity index (χ1n) is 4.62. The summed E-state index contributed by atoms with van der Waals surface area (Å²) in [6.07, 6.45) is 0. The van der Waals surface area contributed by atoms with Crippen LogP contribution in [-0.2, 0) is 11.3 Å². The summed E-state index contributed by atoms with van der Waals surface area (Å²) in [5.41, 5.74) is 5.25. The Bertz CT molecular complexity index is 385. The Morgan fingerprint density at radius 1 is 1.50 bits per heavy atom. The van der Waals surface area contributed by atoms with Gasteiger partial charge in [0.25, 0.3) is 0 Å². The van der Waals surface area contributed by atoms with Crippen molar-refractivity contribution in [1.29, 1.82) is 0 Å². The molecule has 0 fully saturated rings. The van der Waals surface area contributed by atoms with Gasteiger partial charge in [-0.2, -0.15) is 0 Å². The van der Waals surface area contributed by atoms with Gasteiger partial charge in [-0.3, -0.25) is 4.79 Å². The van der Waals surface area contributed by atoms with Crippen molar-refractivity contribution in [2.45, 2.75) is 12.6 Å². The van der Waals surface area contributed by atoms with Crippen molar-refractivity contribution in [3.63, 3.8) is 0 Å². The van der Waals surface area contributed by atoms with E-state index < -0.39 is 30.2 Å². The summed E-state index contributed by atoms with van der Waals surface area (Å²) in [5, 5.41) is 10.9. The van der Waals surface area contributed by atoms with Crippen LogP contribution < -0.4 is 11.1 Å². The SMILES string of the molecule is NC(CO)C(=O)NCc1cc(F)ccc1F. The number of nitrogens with one attached hydrogen (secondary N) is 1. The van der Waals surface area contributed by atoms with Crippen LogP contribution in [0.5, 0.6) is 0 Å². The zero-order valence-electron chi connectivity index (χ0n) is 8.41. The smallest absolute Gasteiger partial charge is 0.239 e. The van der Waals surface area contributed by atoms with Gasteiger partial charge in [-0.25, -0.2) is 8.78 Å². The average molecular weight is 230 g/mol. The number of halogens is 2. The van der Waals surface area contributed by atoms with Crippen LogP contribution in [0.4, 0.5) is 8.78 Å². The minimum absolute atomic E-state index is 0.0264. The second kappa shape index (κ2) is 5.53. The third-order valence-corrected chi connectivity index (χ3v) is 1.99. The maximum absolute atomic E-state index is 13.1. The van der Waals surface area contributed by atoms with Gasteiger partial charge < -0.3 is 16.2 Å². The van der Waals surface area contributed by atoms with E-state index in [0.717, 1.165) is 18.2 Å². The van der Waals surface area contributed by atoms with Crippen LogP contribution in [0.3, 0.4) is 0 Å². The van der Waals surface area contributed by atoms with E-state index in [0.29, 0.717) is 0 Å². The van der Waals surface area contributed by atoms with E-state index in [1.54, 1.807) is 0 Å². The molecule has 0 saturated carbocycles. The van der Waals surface area contributed by atoms with Crippen LogP contribution >= 0.6 is 0 Å². The Hall–Kier alpha value is -1.53. The molecule has 0 saturated heterocycles. The molecule has 1 atom stereocenters. The van der Waals surface area contributed by atoms with Crippen LogP contribution in [0.25, 0.3) is 0 Å². The first kappa shape index (κ1) is 12.5. The standard InChI is InChI=1S/C10H12F2N2O2/c11-7-1-2-8(12)6(3-7)4-14-10(16)9(13)5-15/h1-3,9,15H,4-5,13H2,(H,14,16). The molecule has 16 heavy (non-hydrogen) atoms. The minimum atomic E-state index is -1.06. The van der Waals surface area contributed by atoms with Crippen molar-refractivity contribution in [1.82, 2.24) is 5.32 Å². The molecule has 1 rings (SSSR count). The lowest BCUT2D eigenvalue weighted by Crippen LogP contribution is -2.42. The molecule has 1 aromatic rings. The molecule has 0 radical (unpaired) electrons. The molecule has 6 heteroatoms. The highest BCUT2D eigenvalue weighted by Crippen LogP contribution is 2.09. The van der Waals surface area contributed by atoms with Crippen LogP contribution in [0, 0.1) is 11.6 Å². The summed E-state index contributed by atoms with van der Waals surface area (Å²) in [7, 11) is 0. The zero-order chi connectivity index (χ0) is 12.1. The van der Waals surface area contributed by atoms with Gasteiger partial charge in [0.15, 0.2) is 0 Å². The number of benzene rings is 1. The van der Waals surface area contributed by atoms with E-state index in [1.165, 1.54) is 0 Å². The van der Waals surface area contributed by atoms with Gasteiger partial charge in [0.2, 0.25) is 5.91 Å². The third-order valence-electron chi connectivity index (χ3n) is 1.99. The molecule has 1 amide bonds. The third kappa shape index (κ3) is 3.25. The zero-order valence-corrected chi connectivity index (χ0v) is 8.41.